The molecule has 0 saturated heterocycles. The van der Waals surface area contributed by atoms with E-state index in [1.165, 1.54) is 0 Å². The number of carbonyl (C=O) groups is 1. The molecule has 3 N–H and O–H groups in total. The number of hydrogen-bond donors (Lipinski definition) is 2. The Bertz CT molecular complexity index is 759. The van der Waals surface area contributed by atoms with Crippen LogP contribution in [0.25, 0.3) is 11.3 Å². The van der Waals surface area contributed by atoms with Crippen molar-refractivity contribution in [3.63, 3.8) is 0 Å². The molecule has 1 unspecified atom stereocenters. The van der Waals surface area contributed by atoms with Crippen molar-refractivity contribution in [1.29, 1.82) is 5.26 Å². The highest BCUT2D eigenvalue weighted by molar-refractivity contribution is 5.81. The summed E-state index contributed by atoms with van der Waals surface area (Å²) >= 11 is 0. The molecule has 6 heteroatoms. The van der Waals surface area contributed by atoms with Gasteiger partial charge in [0.25, 0.3) is 0 Å². The third-order valence-electron chi connectivity index (χ3n) is 3.98. The third kappa shape index (κ3) is 2.26. The van der Waals surface area contributed by atoms with Crippen LogP contribution in [0.4, 0.5) is 0 Å². The number of aliphatic hydroxyl groups is 1. The van der Waals surface area contributed by atoms with Crippen LogP contribution in [-0.2, 0) is 17.8 Å². The van der Waals surface area contributed by atoms with Gasteiger partial charge in [0.1, 0.15) is 6.07 Å². The predicted molar refractivity (Wildman–Crippen MR) is 79.5 cm³/mol. The molecule has 3 rings (SSSR count). The van der Waals surface area contributed by atoms with E-state index in [9.17, 15) is 15.2 Å². The van der Waals surface area contributed by atoms with Gasteiger partial charge in [-0.3, -0.25) is 9.78 Å². The van der Waals surface area contributed by atoms with E-state index in [-0.39, 0.29) is 6.42 Å². The number of rotatable bonds is 3. The average molecular weight is 296 g/mol. The number of nitrogens with zero attached hydrogens (tertiary/aromatic N) is 3. The number of pyridine rings is 1. The first kappa shape index (κ1) is 14.3. The van der Waals surface area contributed by atoms with Crippen molar-refractivity contribution >= 4 is 5.91 Å². The number of carbonyl (C=O) groups excluding carboxylic acids is 1. The van der Waals surface area contributed by atoms with Crippen LogP contribution in [0.15, 0.2) is 24.5 Å². The molecule has 2 aromatic rings. The summed E-state index contributed by atoms with van der Waals surface area (Å²) in [6.45, 7) is 0.698. The Hall–Kier alpha value is -2.65. The van der Waals surface area contributed by atoms with Crippen molar-refractivity contribution < 1.29 is 9.90 Å². The molecule has 1 aliphatic heterocycles. The predicted octanol–water partition coefficient (Wildman–Crippen LogP) is 1.28. The van der Waals surface area contributed by atoms with E-state index in [0.717, 1.165) is 12.0 Å². The summed E-state index contributed by atoms with van der Waals surface area (Å²) in [5.74, 6) is -0.514. The van der Waals surface area contributed by atoms with Gasteiger partial charge in [0.05, 0.1) is 29.5 Å². The molecule has 6 nitrogen and oxygen atoms in total. The highest BCUT2D eigenvalue weighted by Crippen LogP contribution is 2.38. The molecular weight excluding hydrogens is 280 g/mol. The number of aromatic nitrogens is 2. The van der Waals surface area contributed by atoms with Crippen LogP contribution in [-0.4, -0.2) is 20.6 Å². The van der Waals surface area contributed by atoms with Crippen molar-refractivity contribution in [1.82, 2.24) is 9.55 Å². The lowest BCUT2D eigenvalue weighted by molar-refractivity contribution is -0.117. The highest BCUT2D eigenvalue weighted by Gasteiger charge is 2.30. The molecule has 0 spiro atoms. The number of hydrogen-bond acceptors (Lipinski definition) is 4. The van der Waals surface area contributed by atoms with Crippen molar-refractivity contribution in [2.75, 3.05) is 0 Å². The van der Waals surface area contributed by atoms with Gasteiger partial charge >= 0.3 is 0 Å². The van der Waals surface area contributed by atoms with E-state index < -0.39 is 12.0 Å². The highest BCUT2D eigenvalue weighted by atomic mass is 16.3. The molecule has 0 aliphatic carbocycles. The summed E-state index contributed by atoms with van der Waals surface area (Å²) in [6.07, 6.45) is 4.05. The first-order chi connectivity index (χ1) is 10.6. The molecule has 1 atom stereocenters. The third-order valence-corrected chi connectivity index (χ3v) is 3.98. The number of fused-ring (bicyclic) bond motifs is 1. The summed E-state index contributed by atoms with van der Waals surface area (Å²) in [6, 6.07) is 5.84. The Morgan fingerprint density at radius 1 is 1.59 bits per heavy atom. The second-order valence-electron chi connectivity index (χ2n) is 5.39. The summed E-state index contributed by atoms with van der Waals surface area (Å²) in [5, 5.41) is 19.9. The minimum atomic E-state index is -0.680. The van der Waals surface area contributed by atoms with Gasteiger partial charge in [-0.2, -0.15) is 5.26 Å². The van der Waals surface area contributed by atoms with Crippen molar-refractivity contribution in [3.8, 4) is 17.3 Å². The minimum absolute atomic E-state index is 0.0461. The Labute approximate surface area is 127 Å². The molecule has 0 saturated carbocycles. The Kier molecular flexibility index (Phi) is 3.65. The molecule has 112 valence electrons. The van der Waals surface area contributed by atoms with Crippen molar-refractivity contribution in [2.45, 2.75) is 31.9 Å². The first-order valence-corrected chi connectivity index (χ1v) is 7.15. The molecule has 3 heterocycles. The maximum absolute atomic E-state index is 11.4. The second kappa shape index (κ2) is 5.62. The van der Waals surface area contributed by atoms with Crippen LogP contribution < -0.4 is 5.73 Å². The fourth-order valence-electron chi connectivity index (χ4n) is 3.16. The van der Waals surface area contributed by atoms with Crippen LogP contribution in [0.3, 0.4) is 0 Å². The van der Waals surface area contributed by atoms with Gasteiger partial charge in [-0.05, 0) is 25.0 Å². The minimum Gasteiger partial charge on any atom is -0.387 e. The van der Waals surface area contributed by atoms with E-state index in [4.69, 9.17) is 5.73 Å². The van der Waals surface area contributed by atoms with Gasteiger partial charge < -0.3 is 15.4 Å². The largest absolute Gasteiger partial charge is 0.387 e. The van der Waals surface area contributed by atoms with Crippen LogP contribution in [0, 0.1) is 11.3 Å². The van der Waals surface area contributed by atoms with E-state index in [1.54, 1.807) is 18.5 Å². The number of amides is 1. The van der Waals surface area contributed by atoms with E-state index in [0.29, 0.717) is 35.5 Å². The molecule has 0 aromatic carbocycles. The lowest BCUT2D eigenvalue weighted by Gasteiger charge is -2.23. The van der Waals surface area contributed by atoms with Gasteiger partial charge in [-0.1, -0.05) is 0 Å². The fraction of sp³-hybridized carbons (Fsp3) is 0.312. The topological polar surface area (TPSA) is 105 Å². The maximum Gasteiger partial charge on any atom is 0.221 e. The summed E-state index contributed by atoms with van der Waals surface area (Å²) < 4.78 is 1.93. The average Bonchev–Trinajstić information content (AvgIpc) is 2.82. The number of nitrogens with two attached hydrogens (primary N) is 1. The second-order valence-corrected chi connectivity index (χ2v) is 5.39. The molecule has 0 radical (unpaired) electrons. The zero-order valence-electron chi connectivity index (χ0n) is 12.0. The molecule has 2 aromatic heterocycles. The van der Waals surface area contributed by atoms with E-state index in [2.05, 4.69) is 11.1 Å². The van der Waals surface area contributed by atoms with Crippen molar-refractivity contribution in [3.05, 3.63) is 41.3 Å². The van der Waals surface area contributed by atoms with Gasteiger partial charge in [0.15, 0.2) is 0 Å². The van der Waals surface area contributed by atoms with Gasteiger partial charge in [0.2, 0.25) is 5.91 Å². The summed E-state index contributed by atoms with van der Waals surface area (Å²) in [5.41, 5.74) is 8.42. The lowest BCUT2D eigenvalue weighted by atomic mass is 9.99. The molecule has 22 heavy (non-hydrogen) atoms. The standard InChI is InChI=1S/C16H16N4O2/c17-8-12-11(7-14(18)22)16-13(21)4-2-6-20(16)15(12)10-3-1-5-19-9-10/h1,3,5,9,13,21H,2,4,6-7H2,(H2,18,22). The number of nitriles is 1. The summed E-state index contributed by atoms with van der Waals surface area (Å²) in [4.78, 5) is 15.5. The smallest absolute Gasteiger partial charge is 0.221 e. The molecule has 1 amide bonds. The normalized spacial score (nSPS) is 16.8. The molecular formula is C16H16N4O2. The quantitative estimate of drug-likeness (QED) is 0.889. The molecule has 1 aliphatic rings. The first-order valence-electron chi connectivity index (χ1n) is 7.15. The van der Waals surface area contributed by atoms with Crippen LogP contribution in [0.2, 0.25) is 0 Å². The van der Waals surface area contributed by atoms with E-state index >= 15 is 0 Å². The maximum atomic E-state index is 11.4. The van der Waals surface area contributed by atoms with Crippen molar-refractivity contribution in [2.24, 2.45) is 5.73 Å². The summed E-state index contributed by atoms with van der Waals surface area (Å²) in [7, 11) is 0. The van der Waals surface area contributed by atoms with Gasteiger partial charge in [0, 0.05) is 30.1 Å². The monoisotopic (exact) mass is 296 g/mol. The molecule has 0 bridgehead atoms. The zero-order chi connectivity index (χ0) is 15.7. The lowest BCUT2D eigenvalue weighted by Crippen LogP contribution is -2.20. The van der Waals surface area contributed by atoms with Crippen LogP contribution >= 0.6 is 0 Å². The Morgan fingerprint density at radius 2 is 2.41 bits per heavy atom. The SMILES string of the molecule is N#Cc1c(CC(N)=O)c2n(c1-c1cccnc1)CCCC2O. The fourth-order valence-corrected chi connectivity index (χ4v) is 3.16. The van der Waals surface area contributed by atoms with E-state index in [1.807, 2.05) is 10.6 Å². The van der Waals surface area contributed by atoms with Gasteiger partial charge in [-0.15, -0.1) is 0 Å². The van der Waals surface area contributed by atoms with Gasteiger partial charge in [-0.25, -0.2) is 0 Å². The zero-order valence-corrected chi connectivity index (χ0v) is 12.0. The van der Waals surface area contributed by atoms with Crippen LogP contribution in [0.5, 0.6) is 0 Å². The van der Waals surface area contributed by atoms with Crippen LogP contribution in [0.1, 0.15) is 35.8 Å². The number of primary amides is 1. The molecule has 0 fully saturated rings. The Morgan fingerprint density at radius 3 is 3.05 bits per heavy atom. The number of aliphatic hydroxyl groups excluding tert-OH is 1. The Balaban J connectivity index is 2.30.